The molecule has 0 aliphatic carbocycles. The van der Waals surface area contributed by atoms with Crippen LogP contribution in [0, 0.1) is 17.8 Å². The zero-order valence-electron chi connectivity index (χ0n) is 87.6. The van der Waals surface area contributed by atoms with Crippen LogP contribution in [0.2, 0.25) is 0 Å². The number of ether oxygens (including phenoxy) is 5. The van der Waals surface area contributed by atoms with Gasteiger partial charge in [-0.25, -0.2) is 0 Å². The number of aliphatic carboxylic acids is 4. The predicted octanol–water partition coefficient (Wildman–Crippen LogP) is 23.2. The van der Waals surface area contributed by atoms with Crippen molar-refractivity contribution >= 4 is 58.9 Å². The van der Waals surface area contributed by atoms with Gasteiger partial charge in [0.25, 0.3) is 23.6 Å². The molecular formula is C115H140N6O18. The Balaban J connectivity index is 0.000000199. The Kier molecular flexibility index (Phi) is 40.7. The number of carboxylic acids is 4. The number of hydrogen-bond acceptors (Lipinski definition) is 16. The lowest BCUT2D eigenvalue weighted by molar-refractivity contribution is -0.138. The highest BCUT2D eigenvalue weighted by atomic mass is 16.5. The Labute approximate surface area is 829 Å². The molecule has 0 unspecified atom stereocenters. The summed E-state index contributed by atoms with van der Waals surface area (Å²) in [5.41, 5.74) is 11.2. The lowest BCUT2D eigenvalue weighted by atomic mass is 9.99. The summed E-state index contributed by atoms with van der Waals surface area (Å²) in [5, 5.41) is 35.0. The summed E-state index contributed by atoms with van der Waals surface area (Å²) in [4.78, 5) is 107. The standard InChI is InChI=1S/C33H35NO5.C28H33NO5.2C27H36N2O4/c1-24(2)34(22-29-9-5-6-12-31(29)39-19-7-3-4-13-32(35)36)33(37)26-16-14-25(15-17-26)27-10-8-11-28(21-27)30-18-20-38-23-30;1-21(2)29(28(32)24-15-13-22(14-16-24)11-12-23-19-33-20-23)18-25-8-5-6-9-26(25)34-17-7-3-4-10-27(30)31;2*1-21(2)29(27(32)22-13-15-24(16-14-22)28-17-7-8-18-28)20-23-10-5-6-11-25(23)33-19-9-3-4-12-26(30)31/h5-6,8-12,14-18,20-21,23-24H,3-4,7,13,19,22H2,1-2H3,(H,35,36);5-6,8-9,13-16,21,23H,3-4,7,10,17-20H2,1-2H3,(H,30,31);2*5-6,10-11,13-16,21H,3-4,7-9,12,17-20H2,1-2H3,(H,30,31)/i24D;18D2;21D;20D2. The number of hydrogen-bond donors (Lipinski definition) is 4. The minimum Gasteiger partial charge on any atom is -0.493 e. The molecule has 4 N–H and O–H groups in total. The van der Waals surface area contributed by atoms with Gasteiger partial charge in [0.1, 0.15) is 23.0 Å². The molecule has 24 nitrogen and oxygen atoms in total. The van der Waals surface area contributed by atoms with Crippen molar-refractivity contribution < 1.29 is 95.1 Å². The average molecular weight is 1900 g/mol. The maximum atomic E-state index is 13.7. The van der Waals surface area contributed by atoms with Crippen molar-refractivity contribution in [3.05, 3.63) is 287 Å². The summed E-state index contributed by atoms with van der Waals surface area (Å²) in [7, 11) is 0. The van der Waals surface area contributed by atoms with Gasteiger partial charge in [0.2, 0.25) is 0 Å². The van der Waals surface area contributed by atoms with E-state index >= 15 is 0 Å². The fraction of sp³-hybridized carbons (Fsp3) is 0.409. The number of anilines is 2. The van der Waals surface area contributed by atoms with Crippen LogP contribution in [0.25, 0.3) is 22.3 Å². The zero-order chi connectivity index (χ0) is 105. The number of amides is 4. The Bertz CT molecular complexity index is 5870. The smallest absolute Gasteiger partial charge is 0.303 e. The number of furan rings is 1. The monoisotopic (exact) mass is 1900 g/mol. The summed E-state index contributed by atoms with van der Waals surface area (Å²) in [5.74, 6) is 4.17. The molecule has 0 atom stereocenters. The third kappa shape index (κ3) is 35.7. The Morgan fingerprint density at radius 1 is 0.374 bits per heavy atom. The molecule has 0 bridgehead atoms. The molecule has 10 aromatic rings. The molecular weight excluding hydrogens is 1750 g/mol. The van der Waals surface area contributed by atoms with Crippen molar-refractivity contribution in [3.8, 4) is 57.1 Å². The lowest BCUT2D eigenvalue weighted by Gasteiger charge is -2.28. The average Bonchev–Trinajstić information content (AvgIpc) is 1.76. The highest BCUT2D eigenvalue weighted by Gasteiger charge is 2.28. The van der Waals surface area contributed by atoms with E-state index in [2.05, 4.69) is 27.7 Å². The van der Waals surface area contributed by atoms with Crippen LogP contribution in [0.5, 0.6) is 23.0 Å². The van der Waals surface area contributed by atoms with Gasteiger partial charge < -0.3 is 77.9 Å². The molecule has 24 heteroatoms. The number of carbonyl (C=O) groups is 8. The fourth-order valence-corrected chi connectivity index (χ4v) is 15.6. The summed E-state index contributed by atoms with van der Waals surface area (Å²) in [6, 6.07) is 65.3. The van der Waals surface area contributed by atoms with Gasteiger partial charge in [-0.05, 0) is 296 Å². The van der Waals surface area contributed by atoms with E-state index in [1.165, 1.54) is 40.4 Å². The Hall–Kier alpha value is -13.7. The highest BCUT2D eigenvalue weighted by Crippen LogP contribution is 2.33. The van der Waals surface area contributed by atoms with Gasteiger partial charge in [0, 0.05) is 169 Å². The normalized spacial score (nSPS) is 13.6. The van der Waals surface area contributed by atoms with Gasteiger partial charge in [-0.3, -0.25) is 38.4 Å². The predicted molar refractivity (Wildman–Crippen MR) is 545 cm³/mol. The van der Waals surface area contributed by atoms with Crippen LogP contribution in [-0.4, -0.2) is 177 Å². The first-order valence-corrected chi connectivity index (χ1v) is 48.6. The van der Waals surface area contributed by atoms with E-state index in [9.17, 15) is 38.4 Å². The van der Waals surface area contributed by atoms with Gasteiger partial charge in [-0.1, -0.05) is 115 Å². The van der Waals surface area contributed by atoms with Crippen LogP contribution in [0.4, 0.5) is 11.4 Å². The van der Waals surface area contributed by atoms with E-state index in [4.69, 9.17) is 56.8 Å². The second-order valence-electron chi connectivity index (χ2n) is 35.6. The van der Waals surface area contributed by atoms with Crippen LogP contribution in [-0.2, 0) is 50.0 Å². The lowest BCUT2D eigenvalue weighted by Crippen LogP contribution is -2.36. The Morgan fingerprint density at radius 2 is 0.698 bits per heavy atom. The molecule has 0 radical (unpaired) electrons. The van der Waals surface area contributed by atoms with E-state index in [0.29, 0.717) is 142 Å². The van der Waals surface area contributed by atoms with Crippen molar-refractivity contribution in [2.45, 2.75) is 234 Å². The van der Waals surface area contributed by atoms with Crippen molar-refractivity contribution in [1.29, 1.82) is 0 Å². The Morgan fingerprint density at radius 3 is 1.02 bits per heavy atom. The van der Waals surface area contributed by atoms with E-state index in [-0.39, 0.29) is 74.0 Å². The molecule has 3 aliphatic heterocycles. The number of nitrogens with zero attached hydrogens (tertiary/aromatic N) is 6. The largest absolute Gasteiger partial charge is 0.493 e. The van der Waals surface area contributed by atoms with E-state index in [1.54, 1.807) is 170 Å². The van der Waals surface area contributed by atoms with Crippen molar-refractivity contribution in [2.24, 2.45) is 5.92 Å². The van der Waals surface area contributed by atoms with Crippen molar-refractivity contribution in [2.75, 3.05) is 75.6 Å². The van der Waals surface area contributed by atoms with Crippen LogP contribution in [0.3, 0.4) is 0 Å². The second kappa shape index (κ2) is 57.5. The molecule has 3 saturated heterocycles. The number of benzene rings is 9. The van der Waals surface area contributed by atoms with Gasteiger partial charge in [0.05, 0.1) is 66.3 Å². The third-order valence-corrected chi connectivity index (χ3v) is 23.6. The van der Waals surface area contributed by atoms with Crippen molar-refractivity contribution in [1.82, 2.24) is 19.6 Å². The van der Waals surface area contributed by atoms with Crippen LogP contribution in [0.15, 0.2) is 241 Å². The highest BCUT2D eigenvalue weighted by molar-refractivity contribution is 5.97. The van der Waals surface area contributed by atoms with Crippen molar-refractivity contribution in [3.63, 3.8) is 0 Å². The number of rotatable bonds is 48. The molecule has 1 aromatic heterocycles. The number of carboxylic acid groups (broad SMARTS) is 4. The summed E-state index contributed by atoms with van der Waals surface area (Å²) in [6.45, 7) is 17.3. The molecule has 139 heavy (non-hydrogen) atoms. The first kappa shape index (κ1) is 98.4. The number of carbonyl (C=O) groups excluding carboxylic acids is 4. The molecule has 4 amide bonds. The first-order valence-electron chi connectivity index (χ1n) is 51.6. The zero-order valence-corrected chi connectivity index (χ0v) is 81.6. The van der Waals surface area contributed by atoms with Crippen LogP contribution >= 0.6 is 0 Å². The fourth-order valence-electron chi connectivity index (χ4n) is 15.6. The quantitative estimate of drug-likeness (QED) is 0.0203. The molecule has 9 aromatic carbocycles. The molecule has 4 heterocycles. The van der Waals surface area contributed by atoms with Gasteiger partial charge in [0.15, 0.2) is 0 Å². The van der Waals surface area contributed by atoms with Crippen LogP contribution in [0.1, 0.15) is 261 Å². The molecule has 3 aliphatic rings. The summed E-state index contributed by atoms with van der Waals surface area (Å²) >= 11 is 0. The van der Waals surface area contributed by atoms with E-state index < -0.39 is 60.9 Å². The minimum absolute atomic E-state index is 0.119. The van der Waals surface area contributed by atoms with Crippen LogP contribution < -0.4 is 28.7 Å². The SMILES string of the molecule is [2H]C(C)(C)N(Cc1ccccc1OCCCCCC(=O)O)C(=O)c1ccc(-c2cccc(-c3ccoc3)c2)cc1.[2H]C(C)(C)N(Cc1ccccc1OCCCCCC(=O)O)C(=O)c1ccc(N2CCCC2)cc1.[2H]C([2H])(c1ccccc1OCCCCCC(=O)O)N(C(=O)c1ccc(C#CC2COC2)cc1)C(C)C.[2H]C([2H])(c1ccccc1OCCCCCC(=O)O)N(C(=O)c1ccc(N2CCCC2)cc1)C(C)C. The topological polar surface area (TPSA) is 296 Å². The van der Waals surface area contributed by atoms with Gasteiger partial charge >= 0.3 is 23.9 Å². The van der Waals surface area contributed by atoms with E-state index in [1.807, 2.05) is 121 Å². The maximum Gasteiger partial charge on any atom is 0.303 e. The summed E-state index contributed by atoms with van der Waals surface area (Å²) < 4.78 is 87.2. The minimum atomic E-state index is -2.13. The van der Waals surface area contributed by atoms with Gasteiger partial charge in [-0.2, -0.15) is 0 Å². The molecule has 0 saturated carbocycles. The second-order valence-corrected chi connectivity index (χ2v) is 35.6. The third-order valence-electron chi connectivity index (χ3n) is 23.6. The number of para-hydroxylation sites is 4. The molecule has 3 fully saturated rings. The molecule has 13 rings (SSSR count). The van der Waals surface area contributed by atoms with Gasteiger partial charge in [-0.15, -0.1) is 0 Å². The molecule has 738 valence electrons. The number of unbranched alkanes of at least 4 members (excludes halogenated alkanes) is 8. The summed E-state index contributed by atoms with van der Waals surface area (Å²) in [6.07, 6.45) is 16.9. The maximum absolute atomic E-state index is 13.7. The first-order chi connectivity index (χ1) is 69.4. The molecule has 0 spiro atoms. The van der Waals surface area contributed by atoms with E-state index in [0.717, 1.165) is 102 Å².